The van der Waals surface area contributed by atoms with E-state index in [2.05, 4.69) is 0 Å². The van der Waals surface area contributed by atoms with Crippen LogP contribution in [-0.4, -0.2) is 21.6 Å². The quantitative estimate of drug-likeness (QED) is 0.734. The number of hydrogen-bond donors (Lipinski definition) is 2. The van der Waals surface area contributed by atoms with E-state index in [1.807, 2.05) is 0 Å². The van der Waals surface area contributed by atoms with Crippen LogP contribution < -0.4 is 0 Å². The average Bonchev–Trinajstić information content (AvgIpc) is 2.00. The standard InChI is InChI=1S/C10H14O3.W/c11-7-2-3-8(9(12)6-7)10(13)4-1-5-10;/h6,8,11,13H,1-5H2;/i1T;. The molecule has 0 aliphatic heterocycles. The molecule has 1 fully saturated rings. The summed E-state index contributed by atoms with van der Waals surface area (Å²) in [6.07, 6.45) is 2.72. The van der Waals surface area contributed by atoms with E-state index >= 15 is 0 Å². The molecule has 0 spiro atoms. The first-order valence-electron chi connectivity index (χ1n) is 5.17. The van der Waals surface area contributed by atoms with Gasteiger partial charge in [0.2, 0.25) is 0 Å². The van der Waals surface area contributed by atoms with Crippen molar-refractivity contribution in [2.75, 3.05) is 0 Å². The summed E-state index contributed by atoms with van der Waals surface area (Å²) in [7, 11) is 0. The van der Waals surface area contributed by atoms with Crippen LogP contribution in [0.2, 0.25) is 0 Å². The van der Waals surface area contributed by atoms with E-state index in [-0.39, 0.29) is 39.0 Å². The molecule has 1 unspecified atom stereocenters. The zero-order valence-electron chi connectivity index (χ0n) is 8.77. The first kappa shape index (κ1) is 10.4. The fourth-order valence-electron chi connectivity index (χ4n) is 2.03. The Kier molecular flexibility index (Phi) is 3.08. The fraction of sp³-hybridized carbons (Fsp3) is 0.700. The van der Waals surface area contributed by atoms with Crippen LogP contribution in [-0.2, 0) is 25.9 Å². The van der Waals surface area contributed by atoms with Crippen molar-refractivity contribution in [3.05, 3.63) is 11.8 Å². The van der Waals surface area contributed by atoms with E-state index < -0.39 is 11.5 Å². The van der Waals surface area contributed by atoms with Gasteiger partial charge in [0.15, 0.2) is 5.78 Å². The summed E-state index contributed by atoms with van der Waals surface area (Å²) in [6.45, 7) is 0. The molecular formula is C10H14O3W. The first-order chi connectivity index (χ1) is 6.51. The number of carbonyl (C=O) groups excluding carboxylic acids is 1. The smallest absolute Gasteiger partial charge is 0.164 e. The molecule has 0 radical (unpaired) electrons. The van der Waals surface area contributed by atoms with E-state index in [0.29, 0.717) is 25.7 Å². The van der Waals surface area contributed by atoms with Crippen LogP contribution in [0.5, 0.6) is 0 Å². The van der Waals surface area contributed by atoms with Gasteiger partial charge < -0.3 is 10.2 Å². The van der Waals surface area contributed by atoms with Crippen molar-refractivity contribution in [2.24, 2.45) is 5.92 Å². The van der Waals surface area contributed by atoms with Gasteiger partial charge in [0.25, 0.3) is 0 Å². The van der Waals surface area contributed by atoms with Gasteiger partial charge >= 0.3 is 0 Å². The summed E-state index contributed by atoms with van der Waals surface area (Å²) >= 11 is 0. The van der Waals surface area contributed by atoms with E-state index in [0.717, 1.165) is 0 Å². The van der Waals surface area contributed by atoms with Crippen LogP contribution >= 0.6 is 0 Å². The van der Waals surface area contributed by atoms with Gasteiger partial charge in [0, 0.05) is 34.9 Å². The Morgan fingerprint density at radius 3 is 2.71 bits per heavy atom. The summed E-state index contributed by atoms with van der Waals surface area (Å²) in [5, 5.41) is 19.1. The molecule has 2 aliphatic rings. The van der Waals surface area contributed by atoms with Crippen LogP contribution in [0.3, 0.4) is 0 Å². The number of rotatable bonds is 1. The molecule has 4 heteroatoms. The molecule has 2 N–H and O–H groups in total. The Hall–Kier alpha value is -0.142. The average molecular weight is 368 g/mol. The molecule has 2 rings (SSSR count). The third kappa shape index (κ3) is 1.94. The van der Waals surface area contributed by atoms with Crippen molar-refractivity contribution < 1.29 is 37.4 Å². The summed E-state index contributed by atoms with van der Waals surface area (Å²) < 4.78 is 7.36. The van der Waals surface area contributed by atoms with E-state index in [9.17, 15) is 9.90 Å². The molecule has 0 aromatic heterocycles. The molecule has 0 heterocycles. The third-order valence-electron chi connectivity index (χ3n) is 2.99. The van der Waals surface area contributed by atoms with E-state index in [1.54, 1.807) is 0 Å². The van der Waals surface area contributed by atoms with Crippen LogP contribution in [0.15, 0.2) is 11.8 Å². The minimum atomic E-state index is -0.972. The molecule has 0 aromatic rings. The van der Waals surface area contributed by atoms with Gasteiger partial charge in [-0.2, -0.15) is 0 Å². The van der Waals surface area contributed by atoms with Crippen molar-refractivity contribution in [3.63, 3.8) is 0 Å². The van der Waals surface area contributed by atoms with Crippen molar-refractivity contribution in [3.8, 4) is 0 Å². The molecule has 0 amide bonds. The summed E-state index contributed by atoms with van der Waals surface area (Å²) in [6, 6.07) is 0. The second-order valence-electron chi connectivity index (χ2n) is 3.93. The zero-order chi connectivity index (χ0) is 10.3. The molecule has 0 bridgehead atoms. The SMILES string of the molecule is [3H]C1CC(O)(C2CCC(O)=CC2=O)C1.[W]. The Balaban J connectivity index is 0.00000112. The molecule has 2 aliphatic carbocycles. The maximum atomic E-state index is 11.5. The maximum absolute atomic E-state index is 11.5. The Bertz CT molecular complexity index is 297. The molecule has 1 atom stereocenters. The van der Waals surface area contributed by atoms with Gasteiger partial charge in [-0.3, -0.25) is 4.79 Å². The number of aliphatic hydroxyl groups excluding tert-OH is 1. The third-order valence-corrected chi connectivity index (χ3v) is 2.99. The number of carbonyl (C=O) groups is 1. The molecule has 0 saturated heterocycles. The monoisotopic (exact) mass is 368 g/mol. The molecule has 3 nitrogen and oxygen atoms in total. The van der Waals surface area contributed by atoms with Gasteiger partial charge in [-0.25, -0.2) is 0 Å². The fourth-order valence-corrected chi connectivity index (χ4v) is 2.03. The minimum Gasteiger partial charge on any atom is -0.512 e. The molecule has 1 saturated carbocycles. The Morgan fingerprint density at radius 1 is 1.57 bits per heavy atom. The van der Waals surface area contributed by atoms with Crippen LogP contribution in [0.25, 0.3) is 0 Å². The second kappa shape index (κ2) is 4.16. The predicted octanol–water partition coefficient (Wildman–Crippen LogP) is 1.32. The van der Waals surface area contributed by atoms with E-state index in [4.69, 9.17) is 6.48 Å². The van der Waals surface area contributed by atoms with Crippen molar-refractivity contribution in [1.82, 2.24) is 0 Å². The Morgan fingerprint density at radius 2 is 2.21 bits per heavy atom. The maximum Gasteiger partial charge on any atom is 0.164 e. The predicted molar refractivity (Wildman–Crippen MR) is 47.2 cm³/mol. The topological polar surface area (TPSA) is 57.5 Å². The molecule has 0 aromatic carbocycles. The van der Waals surface area contributed by atoms with Crippen LogP contribution in [0.1, 0.15) is 33.5 Å². The number of aliphatic hydroxyl groups is 2. The minimum absolute atomic E-state index is 0. The Labute approximate surface area is 98.9 Å². The first-order valence-corrected chi connectivity index (χ1v) is 4.59. The zero-order valence-corrected chi connectivity index (χ0v) is 10.7. The van der Waals surface area contributed by atoms with Gasteiger partial charge in [-0.1, -0.05) is 0 Å². The molecular weight excluding hydrogens is 352 g/mol. The second-order valence-corrected chi connectivity index (χ2v) is 3.93. The number of ketones is 1. The van der Waals surface area contributed by atoms with E-state index in [1.165, 1.54) is 6.08 Å². The number of allylic oxidation sites excluding steroid dienone is 2. The van der Waals surface area contributed by atoms with Crippen LogP contribution in [0, 0.1) is 5.92 Å². The van der Waals surface area contributed by atoms with Gasteiger partial charge in [-0.15, -0.1) is 0 Å². The summed E-state index contributed by atoms with van der Waals surface area (Å²) in [5.74, 6) is -0.486. The summed E-state index contributed by atoms with van der Waals surface area (Å²) in [4.78, 5) is 11.5. The van der Waals surface area contributed by atoms with Gasteiger partial charge in [-0.05, 0) is 25.7 Å². The molecule has 14 heavy (non-hydrogen) atoms. The molecule has 78 valence electrons. The normalized spacial score (nSPS) is 43.1. The van der Waals surface area contributed by atoms with Gasteiger partial charge in [0.05, 0.1) is 17.3 Å². The summed E-state index contributed by atoms with van der Waals surface area (Å²) in [5.41, 5.74) is -0.972. The van der Waals surface area contributed by atoms with Crippen molar-refractivity contribution in [2.45, 2.75) is 37.7 Å². The largest absolute Gasteiger partial charge is 0.512 e. The van der Waals surface area contributed by atoms with Crippen LogP contribution in [0.4, 0.5) is 0 Å². The van der Waals surface area contributed by atoms with Gasteiger partial charge in [0.1, 0.15) is 0 Å². The van der Waals surface area contributed by atoms with Crippen molar-refractivity contribution >= 4 is 5.78 Å². The number of hydrogen-bond acceptors (Lipinski definition) is 3. The van der Waals surface area contributed by atoms with Crippen molar-refractivity contribution in [1.29, 1.82) is 0 Å².